The van der Waals surface area contributed by atoms with Crippen molar-refractivity contribution in [1.29, 1.82) is 0 Å². The van der Waals surface area contributed by atoms with Gasteiger partial charge < -0.3 is 5.73 Å². The molecule has 0 aliphatic carbocycles. The Hall–Kier alpha value is -1.76. The normalized spacial score (nSPS) is 13.7. The Balaban J connectivity index is 2.04. The fraction of sp³-hybridized carbons (Fsp3) is 0.429. The Labute approximate surface area is 135 Å². The Bertz CT molecular complexity index is 530. The lowest BCUT2D eigenvalue weighted by Crippen LogP contribution is -2.02. The molecule has 2 atom stereocenters. The van der Waals surface area contributed by atoms with Gasteiger partial charge in [-0.15, -0.1) is 0 Å². The zero-order valence-corrected chi connectivity index (χ0v) is 14.0. The lowest BCUT2D eigenvalue weighted by Gasteiger charge is -2.19. The lowest BCUT2D eigenvalue weighted by atomic mass is 9.86. The van der Waals surface area contributed by atoms with Crippen LogP contribution in [0.15, 0.2) is 54.6 Å². The van der Waals surface area contributed by atoms with Crippen molar-refractivity contribution in [3.63, 3.8) is 0 Å². The highest BCUT2D eigenvalue weighted by molar-refractivity contribution is 5.42. The summed E-state index contributed by atoms with van der Waals surface area (Å²) in [5.74, 6) is 1.34. The van der Waals surface area contributed by atoms with Gasteiger partial charge in [-0.2, -0.15) is 0 Å². The number of benzene rings is 2. The molecule has 1 heteroatoms. The summed E-state index contributed by atoms with van der Waals surface area (Å²) in [7, 11) is 0. The molecule has 22 heavy (non-hydrogen) atoms. The molecule has 0 aromatic heterocycles. The van der Waals surface area contributed by atoms with Gasteiger partial charge in [-0.05, 0) is 35.6 Å². The van der Waals surface area contributed by atoms with E-state index in [2.05, 4.69) is 56.3 Å². The first kappa shape index (κ1) is 16.6. The number of nitrogens with two attached hydrogens (primary N) is 1. The number of nitrogen functional groups attached to an aromatic ring is 1. The summed E-state index contributed by atoms with van der Waals surface area (Å²) in [5.41, 5.74) is 9.47. The van der Waals surface area contributed by atoms with Gasteiger partial charge in [0.15, 0.2) is 0 Å². The van der Waals surface area contributed by atoms with E-state index in [-0.39, 0.29) is 0 Å². The standard InChI is InChI=1S/C21H29N/c1-3-17(2)9-7-8-12-21(18-10-5-4-6-11-18)19-13-15-20(22)16-14-19/h4-6,10-11,13-17,21H,3,7-9,12,22H2,1-2H3. The molecule has 0 amide bonds. The number of hydrogen-bond donors (Lipinski definition) is 1. The van der Waals surface area contributed by atoms with Crippen LogP contribution < -0.4 is 5.73 Å². The van der Waals surface area contributed by atoms with Gasteiger partial charge in [0.25, 0.3) is 0 Å². The molecule has 0 aliphatic rings. The average molecular weight is 295 g/mol. The summed E-state index contributed by atoms with van der Waals surface area (Å²) in [6, 6.07) is 19.3. The molecule has 0 heterocycles. The molecule has 2 N–H and O–H groups in total. The van der Waals surface area contributed by atoms with Crippen molar-refractivity contribution in [3.8, 4) is 0 Å². The number of hydrogen-bond acceptors (Lipinski definition) is 1. The monoisotopic (exact) mass is 295 g/mol. The molecule has 0 aliphatic heterocycles. The molecule has 2 aromatic carbocycles. The van der Waals surface area contributed by atoms with Crippen LogP contribution in [-0.2, 0) is 0 Å². The first-order valence-corrected chi connectivity index (χ1v) is 8.61. The first-order chi connectivity index (χ1) is 10.7. The maximum atomic E-state index is 5.84. The summed E-state index contributed by atoms with van der Waals surface area (Å²) in [6.45, 7) is 4.64. The molecule has 0 bridgehead atoms. The minimum atomic E-state index is 0.485. The molecular weight excluding hydrogens is 266 g/mol. The SMILES string of the molecule is CCC(C)CCCCC(c1ccccc1)c1ccc(N)cc1. The van der Waals surface area contributed by atoms with Gasteiger partial charge in [0, 0.05) is 11.6 Å². The predicted octanol–water partition coefficient (Wildman–Crippen LogP) is 6.01. The summed E-state index contributed by atoms with van der Waals surface area (Å²) in [4.78, 5) is 0. The van der Waals surface area contributed by atoms with Crippen LogP contribution in [0.1, 0.15) is 63.0 Å². The van der Waals surface area contributed by atoms with Crippen molar-refractivity contribution in [1.82, 2.24) is 0 Å². The Morgan fingerprint density at radius 1 is 0.818 bits per heavy atom. The molecule has 0 radical (unpaired) electrons. The molecule has 0 saturated heterocycles. The minimum absolute atomic E-state index is 0.485. The predicted molar refractivity (Wildman–Crippen MR) is 97.1 cm³/mol. The molecule has 2 unspecified atom stereocenters. The number of unbranched alkanes of at least 4 members (excludes halogenated alkanes) is 1. The van der Waals surface area contributed by atoms with Crippen LogP contribution in [0.2, 0.25) is 0 Å². The highest BCUT2D eigenvalue weighted by Crippen LogP contribution is 2.30. The maximum Gasteiger partial charge on any atom is 0.0314 e. The fourth-order valence-electron chi connectivity index (χ4n) is 2.98. The van der Waals surface area contributed by atoms with Crippen molar-refractivity contribution in [2.75, 3.05) is 5.73 Å². The molecule has 0 spiro atoms. The van der Waals surface area contributed by atoms with E-state index in [1.54, 1.807) is 0 Å². The third-order valence-corrected chi connectivity index (χ3v) is 4.68. The van der Waals surface area contributed by atoms with Crippen molar-refractivity contribution >= 4 is 5.69 Å². The van der Waals surface area contributed by atoms with E-state index in [0.717, 1.165) is 11.6 Å². The highest BCUT2D eigenvalue weighted by atomic mass is 14.5. The Kier molecular flexibility index (Phi) is 6.51. The lowest BCUT2D eigenvalue weighted by molar-refractivity contribution is 0.472. The second-order valence-corrected chi connectivity index (χ2v) is 6.43. The zero-order valence-electron chi connectivity index (χ0n) is 14.0. The number of rotatable bonds is 8. The van der Waals surface area contributed by atoms with Crippen molar-refractivity contribution in [2.24, 2.45) is 5.92 Å². The van der Waals surface area contributed by atoms with Gasteiger partial charge in [0.05, 0.1) is 0 Å². The van der Waals surface area contributed by atoms with Gasteiger partial charge >= 0.3 is 0 Å². The van der Waals surface area contributed by atoms with Crippen LogP contribution >= 0.6 is 0 Å². The van der Waals surface area contributed by atoms with Crippen LogP contribution in [0.4, 0.5) is 5.69 Å². The molecule has 1 nitrogen and oxygen atoms in total. The molecule has 118 valence electrons. The highest BCUT2D eigenvalue weighted by Gasteiger charge is 2.13. The quantitative estimate of drug-likeness (QED) is 0.468. The van der Waals surface area contributed by atoms with Crippen molar-refractivity contribution in [2.45, 2.75) is 51.9 Å². The molecule has 0 fully saturated rings. The van der Waals surface area contributed by atoms with Crippen LogP contribution in [0.25, 0.3) is 0 Å². The van der Waals surface area contributed by atoms with E-state index in [0.29, 0.717) is 5.92 Å². The van der Waals surface area contributed by atoms with E-state index >= 15 is 0 Å². The fourth-order valence-corrected chi connectivity index (χ4v) is 2.98. The Morgan fingerprint density at radius 3 is 2.05 bits per heavy atom. The summed E-state index contributed by atoms with van der Waals surface area (Å²) < 4.78 is 0. The number of anilines is 1. The summed E-state index contributed by atoms with van der Waals surface area (Å²) >= 11 is 0. The summed E-state index contributed by atoms with van der Waals surface area (Å²) in [5, 5.41) is 0. The third-order valence-electron chi connectivity index (χ3n) is 4.68. The minimum Gasteiger partial charge on any atom is -0.399 e. The summed E-state index contributed by atoms with van der Waals surface area (Å²) in [6.07, 6.45) is 6.46. The van der Waals surface area contributed by atoms with Crippen LogP contribution in [0, 0.1) is 5.92 Å². The van der Waals surface area contributed by atoms with Crippen molar-refractivity contribution < 1.29 is 0 Å². The van der Waals surface area contributed by atoms with E-state index in [1.165, 1.54) is 43.2 Å². The van der Waals surface area contributed by atoms with Gasteiger partial charge in [-0.1, -0.05) is 82.0 Å². The second kappa shape index (κ2) is 8.63. The topological polar surface area (TPSA) is 26.0 Å². The van der Waals surface area contributed by atoms with E-state index in [4.69, 9.17) is 5.73 Å². The van der Waals surface area contributed by atoms with Crippen LogP contribution in [0.5, 0.6) is 0 Å². The van der Waals surface area contributed by atoms with Gasteiger partial charge in [0.2, 0.25) is 0 Å². The zero-order chi connectivity index (χ0) is 15.8. The van der Waals surface area contributed by atoms with Crippen LogP contribution in [-0.4, -0.2) is 0 Å². The van der Waals surface area contributed by atoms with E-state index in [9.17, 15) is 0 Å². The smallest absolute Gasteiger partial charge is 0.0314 e. The average Bonchev–Trinajstić information content (AvgIpc) is 2.56. The molecular formula is C21H29N. The van der Waals surface area contributed by atoms with Gasteiger partial charge in [0.1, 0.15) is 0 Å². The van der Waals surface area contributed by atoms with Crippen molar-refractivity contribution in [3.05, 3.63) is 65.7 Å². The van der Waals surface area contributed by atoms with Crippen LogP contribution in [0.3, 0.4) is 0 Å². The maximum absolute atomic E-state index is 5.84. The molecule has 2 aromatic rings. The molecule has 0 saturated carbocycles. The van der Waals surface area contributed by atoms with E-state index < -0.39 is 0 Å². The van der Waals surface area contributed by atoms with Gasteiger partial charge in [-0.25, -0.2) is 0 Å². The largest absolute Gasteiger partial charge is 0.399 e. The second-order valence-electron chi connectivity index (χ2n) is 6.43. The first-order valence-electron chi connectivity index (χ1n) is 8.61. The Morgan fingerprint density at radius 2 is 1.41 bits per heavy atom. The third kappa shape index (κ3) is 4.91. The van der Waals surface area contributed by atoms with E-state index in [1.807, 2.05) is 12.1 Å². The van der Waals surface area contributed by atoms with Gasteiger partial charge in [-0.3, -0.25) is 0 Å². The molecule has 2 rings (SSSR count).